The van der Waals surface area contributed by atoms with E-state index in [1.54, 1.807) is 16.7 Å². The van der Waals surface area contributed by atoms with Crippen LogP contribution in [-0.4, -0.2) is 24.0 Å². The minimum atomic E-state index is -0.0545. The van der Waals surface area contributed by atoms with Crippen molar-refractivity contribution < 1.29 is 4.79 Å². The van der Waals surface area contributed by atoms with Crippen molar-refractivity contribution in [3.8, 4) is 0 Å². The van der Waals surface area contributed by atoms with Gasteiger partial charge in [-0.1, -0.05) is 42.1 Å². The molecule has 0 bridgehead atoms. The molecule has 0 spiro atoms. The Hall–Kier alpha value is -1.94. The monoisotopic (exact) mass is 300 g/mol. The first-order chi connectivity index (χ1) is 10.2. The summed E-state index contributed by atoms with van der Waals surface area (Å²) in [5, 5.41) is 3.00. The lowest BCUT2D eigenvalue weighted by Gasteiger charge is -2.20. The van der Waals surface area contributed by atoms with Crippen LogP contribution in [0.2, 0.25) is 0 Å². The molecular weight excluding hydrogens is 280 g/mol. The summed E-state index contributed by atoms with van der Waals surface area (Å²) in [5.41, 5.74) is 0.850. The molecule has 0 fully saturated rings. The fraction of sp³-hybridized carbons (Fsp3) is 0.235. The summed E-state index contributed by atoms with van der Waals surface area (Å²) >= 11 is 1.65. The van der Waals surface area contributed by atoms with Crippen molar-refractivity contribution >= 4 is 23.5 Å². The molecule has 0 aliphatic carbocycles. The Balaban J connectivity index is 2.15. The number of anilines is 1. The van der Waals surface area contributed by atoms with Crippen LogP contribution in [0.5, 0.6) is 0 Å². The van der Waals surface area contributed by atoms with Crippen LogP contribution >= 0.6 is 11.8 Å². The molecular formula is C17H20N2OS. The van der Waals surface area contributed by atoms with E-state index in [1.807, 2.05) is 56.3 Å². The number of rotatable bonds is 5. The molecule has 0 aliphatic rings. The summed E-state index contributed by atoms with van der Waals surface area (Å²) in [6.45, 7) is 5.37. The molecule has 0 atom stereocenters. The second-order valence-corrected chi connectivity index (χ2v) is 5.63. The molecule has 2 amide bonds. The van der Waals surface area contributed by atoms with Gasteiger partial charge in [-0.2, -0.15) is 0 Å². The van der Waals surface area contributed by atoms with Gasteiger partial charge in [0.2, 0.25) is 0 Å². The molecule has 0 unspecified atom stereocenters. The molecule has 0 aromatic heterocycles. The lowest BCUT2D eigenvalue weighted by atomic mass is 10.3. The van der Waals surface area contributed by atoms with Crippen LogP contribution in [0.4, 0.5) is 10.5 Å². The SMILES string of the molecule is CCN(CC)C(=O)Nc1ccccc1Sc1ccccc1. The second kappa shape index (κ2) is 7.74. The molecule has 21 heavy (non-hydrogen) atoms. The zero-order valence-electron chi connectivity index (χ0n) is 12.4. The van der Waals surface area contributed by atoms with Crippen LogP contribution in [0.3, 0.4) is 0 Å². The summed E-state index contributed by atoms with van der Waals surface area (Å²) in [6, 6.07) is 18.0. The fourth-order valence-electron chi connectivity index (χ4n) is 1.98. The molecule has 110 valence electrons. The predicted octanol–water partition coefficient (Wildman–Crippen LogP) is 4.71. The van der Waals surface area contributed by atoms with E-state index in [-0.39, 0.29) is 6.03 Å². The number of hydrogen-bond acceptors (Lipinski definition) is 2. The summed E-state index contributed by atoms with van der Waals surface area (Å²) in [4.78, 5) is 16.2. The number of carbonyl (C=O) groups excluding carboxylic acids is 1. The molecule has 0 saturated heterocycles. The number of nitrogens with one attached hydrogen (secondary N) is 1. The Labute approximate surface area is 130 Å². The van der Waals surface area contributed by atoms with E-state index < -0.39 is 0 Å². The zero-order chi connectivity index (χ0) is 15.1. The van der Waals surface area contributed by atoms with Gasteiger partial charge in [0.15, 0.2) is 0 Å². The molecule has 1 N–H and O–H groups in total. The van der Waals surface area contributed by atoms with Gasteiger partial charge in [-0.05, 0) is 38.1 Å². The summed E-state index contributed by atoms with van der Waals surface area (Å²) < 4.78 is 0. The molecule has 2 aromatic carbocycles. The van der Waals surface area contributed by atoms with Crippen LogP contribution < -0.4 is 5.32 Å². The topological polar surface area (TPSA) is 32.3 Å². The van der Waals surface area contributed by atoms with Crippen LogP contribution in [0, 0.1) is 0 Å². The molecule has 2 rings (SSSR count). The Morgan fingerprint density at radius 2 is 1.62 bits per heavy atom. The largest absolute Gasteiger partial charge is 0.325 e. The van der Waals surface area contributed by atoms with Crippen molar-refractivity contribution in [3.63, 3.8) is 0 Å². The normalized spacial score (nSPS) is 10.2. The highest BCUT2D eigenvalue weighted by atomic mass is 32.2. The van der Waals surface area contributed by atoms with E-state index in [2.05, 4.69) is 17.4 Å². The number of carbonyl (C=O) groups is 1. The van der Waals surface area contributed by atoms with Gasteiger partial charge in [-0.3, -0.25) is 0 Å². The maximum atomic E-state index is 12.2. The number of para-hydroxylation sites is 1. The van der Waals surface area contributed by atoms with Gasteiger partial charge in [0.05, 0.1) is 5.69 Å². The first-order valence-corrected chi connectivity index (χ1v) is 7.94. The van der Waals surface area contributed by atoms with E-state index in [4.69, 9.17) is 0 Å². The average Bonchev–Trinajstić information content (AvgIpc) is 2.51. The number of nitrogens with zero attached hydrogens (tertiary/aromatic N) is 1. The third kappa shape index (κ3) is 4.26. The lowest BCUT2D eigenvalue weighted by molar-refractivity contribution is 0.217. The number of benzene rings is 2. The molecule has 0 radical (unpaired) electrons. The Morgan fingerprint density at radius 3 is 2.29 bits per heavy atom. The standard InChI is InChI=1S/C17H20N2OS/c1-3-19(4-2)17(20)18-15-12-8-9-13-16(15)21-14-10-6-5-7-11-14/h5-13H,3-4H2,1-2H3,(H,18,20). The van der Waals surface area contributed by atoms with E-state index in [0.29, 0.717) is 13.1 Å². The number of urea groups is 1. The quantitative estimate of drug-likeness (QED) is 0.867. The van der Waals surface area contributed by atoms with E-state index >= 15 is 0 Å². The summed E-state index contributed by atoms with van der Waals surface area (Å²) in [5.74, 6) is 0. The van der Waals surface area contributed by atoms with Crippen LogP contribution in [0.1, 0.15) is 13.8 Å². The minimum absolute atomic E-state index is 0.0545. The van der Waals surface area contributed by atoms with Crippen molar-refractivity contribution in [3.05, 3.63) is 54.6 Å². The smallest absolute Gasteiger partial charge is 0.321 e. The Kier molecular flexibility index (Phi) is 5.69. The van der Waals surface area contributed by atoms with Gasteiger partial charge < -0.3 is 10.2 Å². The molecule has 0 aliphatic heterocycles. The molecule has 4 heteroatoms. The molecule has 2 aromatic rings. The third-order valence-electron chi connectivity index (χ3n) is 3.15. The summed E-state index contributed by atoms with van der Waals surface area (Å²) in [6.07, 6.45) is 0. The first-order valence-electron chi connectivity index (χ1n) is 7.12. The van der Waals surface area contributed by atoms with Crippen molar-refractivity contribution in [1.82, 2.24) is 4.90 Å². The predicted molar refractivity (Wildman–Crippen MR) is 88.9 cm³/mol. The van der Waals surface area contributed by atoms with Crippen molar-refractivity contribution in [2.45, 2.75) is 23.6 Å². The molecule has 0 saturated carbocycles. The van der Waals surface area contributed by atoms with Crippen LogP contribution in [0.15, 0.2) is 64.4 Å². The Morgan fingerprint density at radius 1 is 1.00 bits per heavy atom. The Bertz CT molecular complexity index is 582. The van der Waals surface area contributed by atoms with Crippen LogP contribution in [-0.2, 0) is 0 Å². The van der Waals surface area contributed by atoms with Gasteiger partial charge >= 0.3 is 6.03 Å². The van der Waals surface area contributed by atoms with Gasteiger partial charge in [0.25, 0.3) is 0 Å². The van der Waals surface area contributed by atoms with E-state index in [9.17, 15) is 4.79 Å². The molecule has 0 heterocycles. The maximum Gasteiger partial charge on any atom is 0.321 e. The third-order valence-corrected chi connectivity index (χ3v) is 4.23. The van der Waals surface area contributed by atoms with Gasteiger partial charge in [0.1, 0.15) is 0 Å². The van der Waals surface area contributed by atoms with Crippen molar-refractivity contribution in [2.75, 3.05) is 18.4 Å². The lowest BCUT2D eigenvalue weighted by Crippen LogP contribution is -2.34. The number of amides is 2. The van der Waals surface area contributed by atoms with Gasteiger partial charge in [-0.25, -0.2) is 4.79 Å². The van der Waals surface area contributed by atoms with E-state index in [1.165, 1.54) is 0 Å². The molecule has 3 nitrogen and oxygen atoms in total. The fourth-order valence-corrected chi connectivity index (χ4v) is 2.90. The zero-order valence-corrected chi connectivity index (χ0v) is 13.2. The average molecular weight is 300 g/mol. The minimum Gasteiger partial charge on any atom is -0.325 e. The first kappa shape index (κ1) is 15.4. The van der Waals surface area contributed by atoms with Gasteiger partial charge in [0, 0.05) is 22.9 Å². The van der Waals surface area contributed by atoms with Crippen molar-refractivity contribution in [2.24, 2.45) is 0 Å². The van der Waals surface area contributed by atoms with E-state index in [0.717, 1.165) is 15.5 Å². The van der Waals surface area contributed by atoms with Gasteiger partial charge in [-0.15, -0.1) is 0 Å². The number of hydrogen-bond donors (Lipinski definition) is 1. The maximum absolute atomic E-state index is 12.2. The summed E-state index contributed by atoms with van der Waals surface area (Å²) in [7, 11) is 0. The highest BCUT2D eigenvalue weighted by Crippen LogP contribution is 2.33. The van der Waals surface area contributed by atoms with Crippen LogP contribution in [0.25, 0.3) is 0 Å². The van der Waals surface area contributed by atoms with Crippen molar-refractivity contribution in [1.29, 1.82) is 0 Å². The highest BCUT2D eigenvalue weighted by Gasteiger charge is 2.12. The second-order valence-electron chi connectivity index (χ2n) is 4.51. The highest BCUT2D eigenvalue weighted by molar-refractivity contribution is 7.99.